The Morgan fingerprint density at radius 3 is 2.84 bits per heavy atom. The first-order chi connectivity index (χ1) is 9.05. The zero-order valence-electron chi connectivity index (χ0n) is 12.5. The second-order valence-corrected chi connectivity index (χ2v) is 8.46. The summed E-state index contributed by atoms with van der Waals surface area (Å²) in [5, 5.41) is 4.47. The second-order valence-electron chi connectivity index (χ2n) is 5.60. The molecule has 1 saturated heterocycles. The number of thiazole rings is 1. The maximum atomic E-state index is 4.86. The third-order valence-electron chi connectivity index (χ3n) is 3.55. The van der Waals surface area contributed by atoms with Gasteiger partial charge >= 0.3 is 0 Å². The number of rotatable bonds is 4. The van der Waals surface area contributed by atoms with Gasteiger partial charge in [0.1, 0.15) is 0 Å². The van der Waals surface area contributed by atoms with Gasteiger partial charge in [-0.05, 0) is 19.9 Å². The molecule has 0 saturated carbocycles. The maximum Gasteiger partial charge on any atom is 0.185 e. The fourth-order valence-electron chi connectivity index (χ4n) is 2.29. The van der Waals surface area contributed by atoms with Gasteiger partial charge in [0, 0.05) is 35.0 Å². The minimum atomic E-state index is 0.410. The SMILES string of the molecule is CCc1nc(N2CCSC(C)(C)CC2)sc1CNC. The molecule has 5 heteroatoms. The van der Waals surface area contributed by atoms with Crippen LogP contribution in [0.1, 0.15) is 37.8 Å². The van der Waals surface area contributed by atoms with Crippen LogP contribution in [0.15, 0.2) is 0 Å². The smallest absolute Gasteiger partial charge is 0.185 e. The molecule has 0 amide bonds. The van der Waals surface area contributed by atoms with Gasteiger partial charge in [-0.3, -0.25) is 0 Å². The van der Waals surface area contributed by atoms with E-state index in [9.17, 15) is 0 Å². The fourth-order valence-corrected chi connectivity index (χ4v) is 4.60. The quantitative estimate of drug-likeness (QED) is 0.924. The monoisotopic (exact) mass is 299 g/mol. The van der Waals surface area contributed by atoms with Crippen LogP contribution < -0.4 is 10.2 Å². The molecule has 108 valence electrons. The van der Waals surface area contributed by atoms with Crippen LogP contribution in [0.2, 0.25) is 0 Å². The third-order valence-corrected chi connectivity index (χ3v) is 6.08. The van der Waals surface area contributed by atoms with Gasteiger partial charge in [0.05, 0.1) is 5.69 Å². The highest BCUT2D eigenvalue weighted by atomic mass is 32.2. The van der Waals surface area contributed by atoms with Crippen LogP contribution in [-0.2, 0) is 13.0 Å². The van der Waals surface area contributed by atoms with Crippen molar-refractivity contribution in [2.75, 3.05) is 30.8 Å². The van der Waals surface area contributed by atoms with Crippen molar-refractivity contribution in [3.05, 3.63) is 10.6 Å². The van der Waals surface area contributed by atoms with E-state index in [-0.39, 0.29) is 0 Å². The molecule has 3 nitrogen and oxygen atoms in total. The Morgan fingerprint density at radius 1 is 1.37 bits per heavy atom. The van der Waals surface area contributed by atoms with Gasteiger partial charge in [-0.25, -0.2) is 4.98 Å². The maximum absolute atomic E-state index is 4.86. The van der Waals surface area contributed by atoms with E-state index in [1.165, 1.54) is 27.9 Å². The zero-order valence-corrected chi connectivity index (χ0v) is 14.1. The minimum Gasteiger partial charge on any atom is -0.347 e. The molecule has 0 aliphatic carbocycles. The molecule has 0 atom stereocenters. The lowest BCUT2D eigenvalue weighted by atomic mass is 10.1. The minimum absolute atomic E-state index is 0.410. The number of anilines is 1. The standard InChI is InChI=1S/C14H25N3S2/c1-5-11-12(10-15-4)19-13(16-11)17-7-6-14(2,3)18-9-8-17/h15H,5-10H2,1-4H3. The van der Waals surface area contributed by atoms with Crippen LogP contribution in [0.3, 0.4) is 0 Å². The summed E-state index contributed by atoms with van der Waals surface area (Å²) in [6, 6.07) is 0. The highest BCUT2D eigenvalue weighted by molar-refractivity contribution is 8.00. The zero-order chi connectivity index (χ0) is 13.9. The second kappa shape index (κ2) is 6.46. The van der Waals surface area contributed by atoms with Crippen molar-refractivity contribution >= 4 is 28.2 Å². The van der Waals surface area contributed by atoms with E-state index in [0.29, 0.717) is 4.75 Å². The van der Waals surface area contributed by atoms with Crippen molar-refractivity contribution in [3.63, 3.8) is 0 Å². The number of aryl methyl sites for hydroxylation is 1. The van der Waals surface area contributed by atoms with Gasteiger partial charge in [-0.1, -0.05) is 20.8 Å². The molecule has 0 radical (unpaired) electrons. The summed E-state index contributed by atoms with van der Waals surface area (Å²) in [6.07, 6.45) is 2.27. The van der Waals surface area contributed by atoms with Crippen molar-refractivity contribution in [1.82, 2.24) is 10.3 Å². The van der Waals surface area contributed by atoms with Gasteiger partial charge in [0.2, 0.25) is 0 Å². The number of aromatic nitrogens is 1. The van der Waals surface area contributed by atoms with Crippen molar-refractivity contribution in [2.45, 2.75) is 44.9 Å². The Kier molecular flexibility index (Phi) is 5.15. The molecule has 1 N–H and O–H groups in total. The molecule has 0 spiro atoms. The summed E-state index contributed by atoms with van der Waals surface area (Å²) in [4.78, 5) is 8.73. The molecule has 1 aromatic heterocycles. The first-order valence-electron chi connectivity index (χ1n) is 7.08. The predicted molar refractivity (Wildman–Crippen MR) is 87.6 cm³/mol. The molecule has 0 unspecified atom stereocenters. The van der Waals surface area contributed by atoms with Crippen LogP contribution in [0, 0.1) is 0 Å². The average Bonchev–Trinajstić information content (AvgIpc) is 2.67. The molecule has 1 aliphatic heterocycles. The third kappa shape index (κ3) is 3.86. The molecule has 2 heterocycles. The summed E-state index contributed by atoms with van der Waals surface area (Å²) < 4.78 is 0.410. The number of nitrogens with one attached hydrogen (secondary N) is 1. The van der Waals surface area contributed by atoms with E-state index in [1.807, 2.05) is 18.4 Å². The Bertz CT molecular complexity index is 415. The van der Waals surface area contributed by atoms with Crippen molar-refractivity contribution in [3.8, 4) is 0 Å². The van der Waals surface area contributed by atoms with Gasteiger partial charge in [-0.2, -0.15) is 11.8 Å². The summed E-state index contributed by atoms with van der Waals surface area (Å²) in [7, 11) is 2.00. The summed E-state index contributed by atoms with van der Waals surface area (Å²) in [6.45, 7) is 10.1. The van der Waals surface area contributed by atoms with Crippen LogP contribution >= 0.6 is 23.1 Å². The Balaban J connectivity index is 2.12. The summed E-state index contributed by atoms with van der Waals surface area (Å²) in [5.74, 6) is 1.20. The van der Waals surface area contributed by atoms with Crippen molar-refractivity contribution in [2.24, 2.45) is 0 Å². The highest BCUT2D eigenvalue weighted by Gasteiger charge is 2.25. The topological polar surface area (TPSA) is 28.2 Å². The predicted octanol–water partition coefficient (Wildman–Crippen LogP) is 3.15. The molecule has 0 bridgehead atoms. The number of thioether (sulfide) groups is 1. The average molecular weight is 300 g/mol. The molecule has 2 rings (SSSR count). The molecule has 1 aromatic rings. The number of nitrogens with zero attached hydrogens (tertiary/aromatic N) is 2. The van der Waals surface area contributed by atoms with Crippen LogP contribution in [0.4, 0.5) is 5.13 Å². The Labute approximate surface area is 125 Å². The van der Waals surface area contributed by atoms with E-state index < -0.39 is 0 Å². The normalized spacial score (nSPS) is 19.5. The van der Waals surface area contributed by atoms with Crippen molar-refractivity contribution < 1.29 is 0 Å². The summed E-state index contributed by atoms with van der Waals surface area (Å²) in [5.41, 5.74) is 1.27. The molecule has 19 heavy (non-hydrogen) atoms. The lowest BCUT2D eigenvalue weighted by molar-refractivity contribution is 0.637. The highest BCUT2D eigenvalue weighted by Crippen LogP contribution is 2.34. The van der Waals surface area contributed by atoms with Gasteiger partial charge < -0.3 is 10.2 Å². The Hall–Kier alpha value is -0.260. The van der Waals surface area contributed by atoms with Gasteiger partial charge in [-0.15, -0.1) is 11.3 Å². The first-order valence-corrected chi connectivity index (χ1v) is 8.88. The van der Waals surface area contributed by atoms with Gasteiger partial charge in [0.25, 0.3) is 0 Å². The summed E-state index contributed by atoms with van der Waals surface area (Å²) >= 11 is 3.96. The van der Waals surface area contributed by atoms with E-state index in [4.69, 9.17) is 4.98 Å². The number of hydrogen-bond donors (Lipinski definition) is 1. The van der Waals surface area contributed by atoms with Crippen molar-refractivity contribution in [1.29, 1.82) is 0 Å². The molecule has 0 aromatic carbocycles. The van der Waals surface area contributed by atoms with E-state index in [0.717, 1.165) is 26.1 Å². The number of hydrogen-bond acceptors (Lipinski definition) is 5. The van der Waals surface area contributed by atoms with E-state index in [2.05, 4.69) is 42.7 Å². The van der Waals surface area contributed by atoms with Crippen LogP contribution in [0.25, 0.3) is 0 Å². The first kappa shape index (κ1) is 15.1. The molecule has 1 fully saturated rings. The van der Waals surface area contributed by atoms with Crippen LogP contribution in [0.5, 0.6) is 0 Å². The lowest BCUT2D eigenvalue weighted by Gasteiger charge is -2.22. The Morgan fingerprint density at radius 2 is 2.16 bits per heavy atom. The largest absolute Gasteiger partial charge is 0.347 e. The molecular weight excluding hydrogens is 274 g/mol. The van der Waals surface area contributed by atoms with E-state index >= 15 is 0 Å². The van der Waals surface area contributed by atoms with Crippen LogP contribution in [-0.4, -0.2) is 35.6 Å². The lowest BCUT2D eigenvalue weighted by Crippen LogP contribution is -2.26. The molecular formula is C14H25N3S2. The van der Waals surface area contributed by atoms with Gasteiger partial charge in [0.15, 0.2) is 5.13 Å². The fraction of sp³-hybridized carbons (Fsp3) is 0.786. The van der Waals surface area contributed by atoms with E-state index in [1.54, 1.807) is 0 Å². The molecule has 1 aliphatic rings.